The van der Waals surface area contributed by atoms with Gasteiger partial charge in [0, 0.05) is 19.7 Å². The van der Waals surface area contributed by atoms with Crippen LogP contribution in [0.3, 0.4) is 0 Å². The first-order valence-corrected chi connectivity index (χ1v) is 7.47. The topological polar surface area (TPSA) is 88.3 Å². The lowest BCUT2D eigenvalue weighted by atomic mass is 9.94. The molecule has 1 aromatic heterocycles. The molecular weight excluding hydrogens is 268 g/mol. The number of piperidine rings is 1. The summed E-state index contributed by atoms with van der Waals surface area (Å²) in [7, 11) is 3.81. The maximum Gasteiger partial charge on any atom is 0.158 e. The van der Waals surface area contributed by atoms with Gasteiger partial charge in [0.05, 0.1) is 0 Å². The molecule has 1 aromatic rings. The summed E-state index contributed by atoms with van der Waals surface area (Å²) < 4.78 is 5.07. The van der Waals surface area contributed by atoms with Gasteiger partial charge in [0.1, 0.15) is 18.2 Å². The smallest absolute Gasteiger partial charge is 0.158 e. The molecule has 1 fully saturated rings. The third-order valence-corrected chi connectivity index (χ3v) is 3.89. The van der Waals surface area contributed by atoms with Crippen molar-refractivity contribution in [1.29, 1.82) is 0 Å². The van der Waals surface area contributed by atoms with Crippen LogP contribution in [0.2, 0.25) is 0 Å². The molecule has 1 saturated heterocycles. The molecule has 0 amide bonds. The molecule has 0 radical (unpaired) electrons. The van der Waals surface area contributed by atoms with E-state index in [1.54, 1.807) is 7.11 Å². The van der Waals surface area contributed by atoms with Crippen LogP contribution in [0.1, 0.15) is 25.1 Å². The molecule has 0 atom stereocenters. The fourth-order valence-corrected chi connectivity index (χ4v) is 2.61. The van der Waals surface area contributed by atoms with Gasteiger partial charge in [-0.2, -0.15) is 0 Å². The van der Waals surface area contributed by atoms with Gasteiger partial charge in [-0.25, -0.2) is 15.8 Å². The van der Waals surface area contributed by atoms with E-state index >= 15 is 0 Å². The average molecular weight is 294 g/mol. The number of anilines is 2. The monoisotopic (exact) mass is 294 g/mol. The number of nitrogens with one attached hydrogen (secondary N) is 2. The summed E-state index contributed by atoms with van der Waals surface area (Å²) in [4.78, 5) is 11.0. The zero-order valence-electron chi connectivity index (χ0n) is 12.9. The Balaban J connectivity index is 1.83. The molecule has 0 spiro atoms. The van der Waals surface area contributed by atoms with Crippen LogP contribution in [0.4, 0.5) is 11.6 Å². The first-order chi connectivity index (χ1) is 10.2. The van der Waals surface area contributed by atoms with Gasteiger partial charge in [-0.05, 0) is 45.3 Å². The molecule has 2 rings (SSSR count). The van der Waals surface area contributed by atoms with Gasteiger partial charge in [0.15, 0.2) is 5.82 Å². The molecule has 0 saturated carbocycles. The standard InChI is InChI=1S/C14H26N6O/c1-20-7-4-11(5-8-20)3-6-16-12-9-13(19-15)18-14(17-12)10-21-2/h9,11H,3-8,10,15H2,1-2H3,(H2,16,17,18,19). The van der Waals surface area contributed by atoms with Crippen molar-refractivity contribution < 1.29 is 4.74 Å². The summed E-state index contributed by atoms with van der Waals surface area (Å²) in [6.07, 6.45) is 3.74. The molecule has 118 valence electrons. The summed E-state index contributed by atoms with van der Waals surface area (Å²) in [5.74, 6) is 8.24. The Hall–Kier alpha value is -1.44. The molecule has 0 aromatic carbocycles. The Morgan fingerprint density at radius 2 is 2.05 bits per heavy atom. The van der Waals surface area contributed by atoms with E-state index in [1.165, 1.54) is 32.4 Å². The highest BCUT2D eigenvalue weighted by atomic mass is 16.5. The van der Waals surface area contributed by atoms with Crippen molar-refractivity contribution in [2.24, 2.45) is 11.8 Å². The Bertz CT molecular complexity index is 433. The Kier molecular flexibility index (Phi) is 6.16. The minimum atomic E-state index is 0.374. The summed E-state index contributed by atoms with van der Waals surface area (Å²) in [5.41, 5.74) is 2.56. The van der Waals surface area contributed by atoms with Crippen LogP contribution in [0.5, 0.6) is 0 Å². The predicted octanol–water partition coefficient (Wildman–Crippen LogP) is 1.05. The quantitative estimate of drug-likeness (QED) is 0.512. The van der Waals surface area contributed by atoms with E-state index in [1.807, 2.05) is 6.07 Å². The molecule has 7 nitrogen and oxygen atoms in total. The molecule has 0 aliphatic carbocycles. The summed E-state index contributed by atoms with van der Waals surface area (Å²) in [6.45, 7) is 3.70. The maximum absolute atomic E-state index is 5.43. The highest BCUT2D eigenvalue weighted by molar-refractivity contribution is 5.46. The first-order valence-electron chi connectivity index (χ1n) is 7.47. The number of ether oxygens (including phenoxy) is 1. The van der Waals surface area contributed by atoms with Crippen LogP contribution in [0.15, 0.2) is 6.07 Å². The normalized spacial score (nSPS) is 16.9. The van der Waals surface area contributed by atoms with Gasteiger partial charge in [-0.1, -0.05) is 0 Å². The van der Waals surface area contributed by atoms with E-state index in [-0.39, 0.29) is 0 Å². The number of rotatable bonds is 7. The molecule has 21 heavy (non-hydrogen) atoms. The van der Waals surface area contributed by atoms with Gasteiger partial charge in [0.2, 0.25) is 0 Å². The number of likely N-dealkylation sites (tertiary alicyclic amines) is 1. The number of aromatic nitrogens is 2. The molecule has 0 bridgehead atoms. The van der Waals surface area contributed by atoms with E-state index in [4.69, 9.17) is 10.6 Å². The Labute approximate surface area is 126 Å². The number of hydrazine groups is 1. The minimum Gasteiger partial charge on any atom is -0.377 e. The third kappa shape index (κ3) is 5.11. The number of hydrogen-bond donors (Lipinski definition) is 3. The van der Waals surface area contributed by atoms with Gasteiger partial charge in [-0.15, -0.1) is 0 Å². The number of nitrogens with two attached hydrogens (primary N) is 1. The van der Waals surface area contributed by atoms with E-state index in [2.05, 4.69) is 32.7 Å². The van der Waals surface area contributed by atoms with E-state index in [0.29, 0.717) is 18.2 Å². The first kappa shape index (κ1) is 15.9. The highest BCUT2D eigenvalue weighted by Crippen LogP contribution is 2.19. The average Bonchev–Trinajstić information content (AvgIpc) is 2.49. The summed E-state index contributed by atoms with van der Waals surface area (Å²) >= 11 is 0. The van der Waals surface area contributed by atoms with Crippen LogP contribution >= 0.6 is 0 Å². The highest BCUT2D eigenvalue weighted by Gasteiger charge is 2.16. The van der Waals surface area contributed by atoms with E-state index in [9.17, 15) is 0 Å². The molecule has 0 unspecified atom stereocenters. The molecule has 7 heteroatoms. The largest absolute Gasteiger partial charge is 0.377 e. The number of methoxy groups -OCH3 is 1. The lowest BCUT2D eigenvalue weighted by molar-refractivity contribution is 0.178. The van der Waals surface area contributed by atoms with Gasteiger partial charge < -0.3 is 20.4 Å². The van der Waals surface area contributed by atoms with E-state index in [0.717, 1.165) is 18.3 Å². The van der Waals surface area contributed by atoms with Gasteiger partial charge in [-0.3, -0.25) is 0 Å². The van der Waals surface area contributed by atoms with Crippen molar-refractivity contribution in [1.82, 2.24) is 14.9 Å². The zero-order chi connectivity index (χ0) is 15.1. The molecular formula is C14H26N6O. The number of hydrogen-bond acceptors (Lipinski definition) is 7. The van der Waals surface area contributed by atoms with Crippen molar-refractivity contribution in [2.45, 2.75) is 25.9 Å². The lowest BCUT2D eigenvalue weighted by Crippen LogP contribution is -2.30. The van der Waals surface area contributed by atoms with Crippen molar-refractivity contribution in [3.8, 4) is 0 Å². The van der Waals surface area contributed by atoms with Crippen LogP contribution in [0, 0.1) is 5.92 Å². The predicted molar refractivity (Wildman–Crippen MR) is 83.9 cm³/mol. The number of nitrogen functional groups attached to an aromatic ring is 1. The SMILES string of the molecule is COCc1nc(NN)cc(NCCC2CCN(C)CC2)n1. The Morgan fingerprint density at radius 3 is 2.71 bits per heavy atom. The summed E-state index contributed by atoms with van der Waals surface area (Å²) in [5, 5.41) is 3.36. The molecule has 4 N–H and O–H groups in total. The third-order valence-electron chi connectivity index (χ3n) is 3.89. The number of nitrogens with zero attached hydrogens (tertiary/aromatic N) is 3. The Morgan fingerprint density at radius 1 is 1.33 bits per heavy atom. The van der Waals surface area contributed by atoms with Crippen molar-refractivity contribution in [3.63, 3.8) is 0 Å². The fraction of sp³-hybridized carbons (Fsp3) is 0.714. The second kappa shape index (κ2) is 8.11. The van der Waals surface area contributed by atoms with Gasteiger partial charge in [0.25, 0.3) is 0 Å². The van der Waals surface area contributed by atoms with Crippen molar-refractivity contribution >= 4 is 11.6 Å². The van der Waals surface area contributed by atoms with Crippen LogP contribution in [0.25, 0.3) is 0 Å². The molecule has 1 aliphatic heterocycles. The molecule has 1 aliphatic rings. The maximum atomic E-state index is 5.43. The zero-order valence-corrected chi connectivity index (χ0v) is 12.9. The lowest BCUT2D eigenvalue weighted by Gasteiger charge is -2.28. The summed E-state index contributed by atoms with van der Waals surface area (Å²) in [6, 6.07) is 1.81. The fourth-order valence-electron chi connectivity index (χ4n) is 2.61. The molecule has 2 heterocycles. The van der Waals surface area contributed by atoms with Crippen molar-refractivity contribution in [2.75, 3.05) is 44.5 Å². The van der Waals surface area contributed by atoms with Crippen molar-refractivity contribution in [3.05, 3.63) is 11.9 Å². The second-order valence-electron chi connectivity index (χ2n) is 5.59. The van der Waals surface area contributed by atoms with E-state index < -0.39 is 0 Å². The van der Waals surface area contributed by atoms with Crippen LogP contribution in [-0.4, -0.2) is 48.7 Å². The second-order valence-corrected chi connectivity index (χ2v) is 5.59. The van der Waals surface area contributed by atoms with Crippen LogP contribution < -0.4 is 16.6 Å². The van der Waals surface area contributed by atoms with Crippen LogP contribution in [-0.2, 0) is 11.3 Å². The minimum absolute atomic E-state index is 0.374. The van der Waals surface area contributed by atoms with Gasteiger partial charge >= 0.3 is 0 Å².